The summed E-state index contributed by atoms with van der Waals surface area (Å²) in [6.45, 7) is 6.30. The summed E-state index contributed by atoms with van der Waals surface area (Å²) in [5.41, 5.74) is 0.143. The lowest BCUT2D eigenvalue weighted by molar-refractivity contribution is -0.143. The first kappa shape index (κ1) is 22.3. The van der Waals surface area contributed by atoms with Crippen molar-refractivity contribution in [2.45, 2.75) is 58.0 Å². The van der Waals surface area contributed by atoms with E-state index in [0.717, 1.165) is 24.8 Å². The molecule has 1 aromatic carbocycles. The average Bonchev–Trinajstić information content (AvgIpc) is 2.95. The zero-order chi connectivity index (χ0) is 21.6. The number of hydrogen-bond donors (Lipinski definition) is 0. The minimum absolute atomic E-state index is 0.0575. The van der Waals surface area contributed by atoms with Gasteiger partial charge < -0.3 is 14.5 Å². The van der Waals surface area contributed by atoms with E-state index in [-0.39, 0.29) is 24.5 Å². The lowest BCUT2D eigenvalue weighted by Gasteiger charge is -2.42. The molecule has 2 heterocycles. The smallest absolute Gasteiger partial charge is 0.327 e. The van der Waals surface area contributed by atoms with Crippen molar-refractivity contribution in [1.82, 2.24) is 14.7 Å². The van der Waals surface area contributed by atoms with E-state index in [1.54, 1.807) is 9.80 Å². The molecule has 2 fully saturated rings. The van der Waals surface area contributed by atoms with E-state index >= 15 is 0 Å². The predicted octanol–water partition coefficient (Wildman–Crippen LogP) is 3.04. The second-order valence-electron chi connectivity index (χ2n) is 8.07. The number of benzene rings is 1. The first-order valence-corrected chi connectivity index (χ1v) is 11.1. The molecule has 7 heteroatoms. The Bertz CT molecular complexity index is 744. The number of piperidine rings is 1. The van der Waals surface area contributed by atoms with Gasteiger partial charge in [-0.05, 0) is 31.7 Å². The fraction of sp³-hybridized carbons (Fsp3) is 0.609. The van der Waals surface area contributed by atoms with Crippen LogP contribution in [-0.2, 0) is 20.9 Å². The van der Waals surface area contributed by atoms with Crippen LogP contribution in [0.4, 0.5) is 4.79 Å². The van der Waals surface area contributed by atoms with Gasteiger partial charge in [-0.25, -0.2) is 4.79 Å². The van der Waals surface area contributed by atoms with Gasteiger partial charge in [0.1, 0.15) is 12.1 Å². The summed E-state index contributed by atoms with van der Waals surface area (Å²) in [5.74, 6) is -0.158. The van der Waals surface area contributed by atoms with E-state index in [4.69, 9.17) is 4.74 Å². The molecule has 7 nitrogen and oxygen atoms in total. The summed E-state index contributed by atoms with van der Waals surface area (Å²) in [5, 5.41) is 0. The topological polar surface area (TPSA) is 70.2 Å². The number of unbranched alkanes of at least 4 members (excludes halogenated alkanes) is 2. The second kappa shape index (κ2) is 10.1. The molecule has 4 amide bonds. The minimum atomic E-state index is -0.860. The molecule has 0 bridgehead atoms. The molecule has 1 spiro atoms. The van der Waals surface area contributed by atoms with Crippen LogP contribution in [-0.4, -0.2) is 70.9 Å². The number of imide groups is 1. The number of carbonyl (C=O) groups is 3. The largest absolute Gasteiger partial charge is 0.372 e. The Morgan fingerprint density at radius 3 is 2.40 bits per heavy atom. The highest BCUT2D eigenvalue weighted by atomic mass is 16.5. The van der Waals surface area contributed by atoms with Gasteiger partial charge in [-0.3, -0.25) is 14.5 Å². The number of rotatable bonds is 9. The normalized spacial score (nSPS) is 18.5. The van der Waals surface area contributed by atoms with Gasteiger partial charge in [0.05, 0.1) is 0 Å². The molecular formula is C23H33N3O4. The number of nitrogens with zero attached hydrogens (tertiary/aromatic N) is 3. The molecule has 0 aromatic heterocycles. The molecule has 3 rings (SSSR count). The summed E-state index contributed by atoms with van der Waals surface area (Å²) in [7, 11) is 0. The maximum Gasteiger partial charge on any atom is 0.327 e. The zero-order valence-corrected chi connectivity index (χ0v) is 18.1. The third kappa shape index (κ3) is 4.51. The van der Waals surface area contributed by atoms with E-state index in [9.17, 15) is 14.4 Å². The van der Waals surface area contributed by atoms with Crippen molar-refractivity contribution in [1.29, 1.82) is 0 Å². The maximum absolute atomic E-state index is 13.5. The highest BCUT2D eigenvalue weighted by molar-refractivity contribution is 6.07. The SMILES string of the molecule is CCCCCN1C(=O)N(Cc2ccccc2)C2(CCN(C(=O)COCC)CC2)C1=O. The molecule has 30 heavy (non-hydrogen) atoms. The standard InChI is InChI=1S/C23H33N3O4/c1-3-5-9-14-25-21(28)23(12-15-24(16-13-23)20(27)18-30-4-2)26(22(25)29)17-19-10-7-6-8-11-19/h6-8,10-11H,3-5,9,12-18H2,1-2H3. The van der Waals surface area contributed by atoms with E-state index in [2.05, 4.69) is 6.92 Å². The molecule has 2 saturated heterocycles. The van der Waals surface area contributed by atoms with Crippen LogP contribution in [0.5, 0.6) is 0 Å². The Balaban J connectivity index is 1.79. The molecule has 0 atom stereocenters. The van der Waals surface area contributed by atoms with Crippen LogP contribution in [0.1, 0.15) is 51.5 Å². The molecular weight excluding hydrogens is 382 g/mol. The number of likely N-dealkylation sites (tertiary alicyclic amines) is 1. The number of ether oxygens (including phenoxy) is 1. The van der Waals surface area contributed by atoms with Crippen LogP contribution in [0, 0.1) is 0 Å². The van der Waals surface area contributed by atoms with Crippen LogP contribution >= 0.6 is 0 Å². The van der Waals surface area contributed by atoms with E-state index in [1.165, 1.54) is 4.90 Å². The highest BCUT2D eigenvalue weighted by Gasteiger charge is 2.57. The number of carbonyl (C=O) groups excluding carboxylic acids is 3. The third-order valence-electron chi connectivity index (χ3n) is 6.16. The Hall–Kier alpha value is -2.41. The lowest BCUT2D eigenvalue weighted by Crippen LogP contribution is -2.57. The summed E-state index contributed by atoms with van der Waals surface area (Å²) in [4.78, 5) is 44.0. The van der Waals surface area contributed by atoms with Gasteiger partial charge in [-0.2, -0.15) is 0 Å². The number of hydrogen-bond acceptors (Lipinski definition) is 4. The van der Waals surface area contributed by atoms with Gasteiger partial charge in [0.2, 0.25) is 5.91 Å². The molecule has 0 unspecified atom stereocenters. The third-order valence-corrected chi connectivity index (χ3v) is 6.16. The van der Waals surface area contributed by atoms with Gasteiger partial charge in [0, 0.05) is 32.8 Å². The molecule has 0 aliphatic carbocycles. The molecule has 1 aromatic rings. The quantitative estimate of drug-likeness (QED) is 0.459. The molecule has 0 saturated carbocycles. The van der Waals surface area contributed by atoms with E-state index in [1.807, 2.05) is 37.3 Å². The fourth-order valence-electron chi connectivity index (χ4n) is 4.37. The fourth-order valence-corrected chi connectivity index (χ4v) is 4.37. The first-order chi connectivity index (χ1) is 14.5. The lowest BCUT2D eigenvalue weighted by atomic mass is 9.85. The van der Waals surface area contributed by atoms with Crippen LogP contribution < -0.4 is 0 Å². The number of amides is 4. The van der Waals surface area contributed by atoms with Gasteiger partial charge >= 0.3 is 6.03 Å². The van der Waals surface area contributed by atoms with Crippen molar-refractivity contribution >= 4 is 17.8 Å². The molecule has 164 valence electrons. The van der Waals surface area contributed by atoms with Gasteiger partial charge in [-0.15, -0.1) is 0 Å². The zero-order valence-electron chi connectivity index (χ0n) is 18.1. The molecule has 2 aliphatic heterocycles. The summed E-state index contributed by atoms with van der Waals surface area (Å²) in [6, 6.07) is 9.58. The van der Waals surface area contributed by atoms with Gasteiger partial charge in [0.15, 0.2) is 0 Å². The van der Waals surface area contributed by atoms with Crippen LogP contribution in [0.25, 0.3) is 0 Å². The monoisotopic (exact) mass is 415 g/mol. The highest BCUT2D eigenvalue weighted by Crippen LogP contribution is 2.38. The summed E-state index contributed by atoms with van der Waals surface area (Å²) >= 11 is 0. The average molecular weight is 416 g/mol. The van der Waals surface area contributed by atoms with Gasteiger partial charge in [-0.1, -0.05) is 50.1 Å². The van der Waals surface area contributed by atoms with Crippen molar-refractivity contribution in [3.63, 3.8) is 0 Å². The first-order valence-electron chi connectivity index (χ1n) is 11.1. The minimum Gasteiger partial charge on any atom is -0.372 e. The Morgan fingerprint density at radius 2 is 1.77 bits per heavy atom. The predicted molar refractivity (Wildman–Crippen MR) is 114 cm³/mol. The van der Waals surface area contributed by atoms with Crippen LogP contribution in [0.15, 0.2) is 30.3 Å². The molecule has 0 radical (unpaired) electrons. The molecule has 0 N–H and O–H groups in total. The summed E-state index contributed by atoms with van der Waals surface area (Å²) in [6.07, 6.45) is 3.77. The summed E-state index contributed by atoms with van der Waals surface area (Å²) < 4.78 is 5.24. The van der Waals surface area contributed by atoms with Crippen LogP contribution in [0.3, 0.4) is 0 Å². The van der Waals surface area contributed by atoms with Crippen LogP contribution in [0.2, 0.25) is 0 Å². The van der Waals surface area contributed by atoms with E-state index in [0.29, 0.717) is 45.6 Å². The van der Waals surface area contributed by atoms with Gasteiger partial charge in [0.25, 0.3) is 5.91 Å². The Kier molecular flexibility index (Phi) is 7.48. The maximum atomic E-state index is 13.5. The van der Waals surface area contributed by atoms with Crippen molar-refractivity contribution < 1.29 is 19.1 Å². The Labute approximate surface area is 179 Å². The van der Waals surface area contributed by atoms with Crippen molar-refractivity contribution in [2.24, 2.45) is 0 Å². The van der Waals surface area contributed by atoms with Crippen molar-refractivity contribution in [2.75, 3.05) is 32.8 Å². The van der Waals surface area contributed by atoms with Crippen molar-refractivity contribution in [3.05, 3.63) is 35.9 Å². The Morgan fingerprint density at radius 1 is 1.07 bits per heavy atom. The van der Waals surface area contributed by atoms with Crippen molar-refractivity contribution in [3.8, 4) is 0 Å². The second-order valence-corrected chi connectivity index (χ2v) is 8.07. The van der Waals surface area contributed by atoms with E-state index < -0.39 is 5.54 Å². The number of urea groups is 1. The molecule has 2 aliphatic rings.